The van der Waals surface area contributed by atoms with Gasteiger partial charge in [-0.1, -0.05) is 52.6 Å². The monoisotopic (exact) mass is 404 g/mol. The van der Waals surface area contributed by atoms with Crippen LogP contribution in [0.15, 0.2) is 53.7 Å². The van der Waals surface area contributed by atoms with Crippen LogP contribution in [-0.4, -0.2) is 24.1 Å². The minimum atomic E-state index is -0.296. The zero-order valence-electron chi connectivity index (χ0n) is 14.5. The van der Waals surface area contributed by atoms with Gasteiger partial charge in [-0.3, -0.25) is 9.59 Å². The molecule has 1 N–H and O–H groups in total. The van der Waals surface area contributed by atoms with E-state index in [1.165, 1.54) is 0 Å². The van der Waals surface area contributed by atoms with E-state index in [0.29, 0.717) is 22.3 Å². The van der Waals surface area contributed by atoms with Crippen LogP contribution in [0, 0.1) is 5.92 Å². The highest BCUT2D eigenvalue weighted by atomic mass is 35.5. The van der Waals surface area contributed by atoms with Gasteiger partial charge in [-0.2, -0.15) is 0 Å². The van der Waals surface area contributed by atoms with Crippen LogP contribution in [0.25, 0.3) is 0 Å². The summed E-state index contributed by atoms with van der Waals surface area (Å²) in [6.07, 6.45) is 1.05. The van der Waals surface area contributed by atoms with E-state index in [9.17, 15) is 9.59 Å². The number of benzene rings is 2. The smallest absolute Gasteiger partial charge is 0.266 e. The van der Waals surface area contributed by atoms with Gasteiger partial charge < -0.3 is 10.2 Å². The van der Waals surface area contributed by atoms with E-state index in [-0.39, 0.29) is 37.1 Å². The highest BCUT2D eigenvalue weighted by molar-refractivity contribution is 6.30. The van der Waals surface area contributed by atoms with Crippen LogP contribution in [0.2, 0.25) is 10.0 Å². The van der Waals surface area contributed by atoms with E-state index in [4.69, 9.17) is 28.0 Å². The third kappa shape index (κ3) is 5.81. The SMILES string of the molecule is O=C(Cc1ccc(Cl)cc1)C[C@@H](Cc1ccc(Cl)cc1)C1=NOCC(=O)N1. The first kappa shape index (κ1) is 19.4. The van der Waals surface area contributed by atoms with E-state index in [1.54, 1.807) is 24.3 Å². The van der Waals surface area contributed by atoms with E-state index >= 15 is 0 Å². The van der Waals surface area contributed by atoms with Gasteiger partial charge >= 0.3 is 0 Å². The Bertz CT molecular complexity index is 849. The second-order valence-corrected chi connectivity index (χ2v) is 7.24. The number of hydrogen-bond donors (Lipinski definition) is 1. The topological polar surface area (TPSA) is 67.8 Å². The van der Waals surface area contributed by atoms with E-state index in [2.05, 4.69) is 10.5 Å². The number of halogens is 2. The molecule has 3 rings (SSSR count). The van der Waals surface area contributed by atoms with E-state index in [1.807, 2.05) is 24.3 Å². The first-order chi connectivity index (χ1) is 13.0. The van der Waals surface area contributed by atoms with Gasteiger partial charge in [0.1, 0.15) is 5.78 Å². The molecule has 0 saturated carbocycles. The summed E-state index contributed by atoms with van der Waals surface area (Å²) in [7, 11) is 0. The number of amidine groups is 1. The van der Waals surface area contributed by atoms with Gasteiger partial charge in [-0.25, -0.2) is 0 Å². The molecule has 5 nitrogen and oxygen atoms in total. The molecule has 1 atom stereocenters. The highest BCUT2D eigenvalue weighted by Gasteiger charge is 2.25. The van der Waals surface area contributed by atoms with Crippen LogP contribution in [0.4, 0.5) is 0 Å². The largest absolute Gasteiger partial charge is 0.384 e. The van der Waals surface area contributed by atoms with Crippen molar-refractivity contribution in [1.29, 1.82) is 0 Å². The number of ketones is 1. The third-order valence-corrected chi connectivity index (χ3v) is 4.70. The molecule has 7 heteroatoms. The average Bonchev–Trinajstić information content (AvgIpc) is 2.65. The van der Waals surface area contributed by atoms with E-state index in [0.717, 1.165) is 11.1 Å². The quantitative estimate of drug-likeness (QED) is 0.762. The molecule has 0 bridgehead atoms. The summed E-state index contributed by atoms with van der Waals surface area (Å²) in [4.78, 5) is 29.2. The Morgan fingerprint density at radius 1 is 1.04 bits per heavy atom. The van der Waals surface area contributed by atoms with Crippen molar-refractivity contribution in [2.45, 2.75) is 19.3 Å². The van der Waals surface area contributed by atoms with Gasteiger partial charge in [0, 0.05) is 28.8 Å². The molecule has 2 aromatic rings. The summed E-state index contributed by atoms with van der Waals surface area (Å²) in [5, 5.41) is 7.94. The first-order valence-electron chi connectivity index (χ1n) is 8.50. The van der Waals surface area contributed by atoms with Crippen LogP contribution >= 0.6 is 23.2 Å². The van der Waals surface area contributed by atoms with E-state index < -0.39 is 0 Å². The van der Waals surface area contributed by atoms with Gasteiger partial charge in [0.15, 0.2) is 12.4 Å². The fraction of sp³-hybridized carbons (Fsp3) is 0.250. The molecule has 0 aromatic heterocycles. The second kappa shape index (κ2) is 9.02. The number of amides is 1. The summed E-state index contributed by atoms with van der Waals surface area (Å²) >= 11 is 11.8. The third-order valence-electron chi connectivity index (χ3n) is 4.20. The van der Waals surface area contributed by atoms with Crippen molar-refractivity contribution >= 4 is 40.7 Å². The molecule has 2 aromatic carbocycles. The van der Waals surface area contributed by atoms with Crippen molar-refractivity contribution in [3.63, 3.8) is 0 Å². The van der Waals surface area contributed by atoms with Crippen LogP contribution in [0.3, 0.4) is 0 Å². The molecule has 0 aliphatic carbocycles. The Balaban J connectivity index is 1.73. The lowest BCUT2D eigenvalue weighted by atomic mass is 9.91. The Morgan fingerprint density at radius 3 is 2.22 bits per heavy atom. The summed E-state index contributed by atoms with van der Waals surface area (Å²) in [5.74, 6) is -0.147. The van der Waals surface area contributed by atoms with Crippen molar-refractivity contribution in [3.05, 3.63) is 69.7 Å². The molecule has 0 radical (unpaired) electrons. The fourth-order valence-electron chi connectivity index (χ4n) is 2.89. The number of rotatable bonds is 7. The predicted molar refractivity (Wildman–Crippen MR) is 105 cm³/mol. The first-order valence-corrected chi connectivity index (χ1v) is 9.25. The van der Waals surface area contributed by atoms with Crippen molar-refractivity contribution in [1.82, 2.24) is 5.32 Å². The van der Waals surface area contributed by atoms with Crippen LogP contribution in [-0.2, 0) is 27.3 Å². The summed E-state index contributed by atoms with van der Waals surface area (Å²) in [5.41, 5.74) is 1.88. The molecule has 1 aliphatic heterocycles. The molecule has 1 heterocycles. The summed E-state index contributed by atoms with van der Waals surface area (Å²) in [6, 6.07) is 14.6. The second-order valence-electron chi connectivity index (χ2n) is 6.37. The zero-order chi connectivity index (χ0) is 19.2. The minimum absolute atomic E-state index is 0.0406. The molecule has 0 spiro atoms. The lowest BCUT2D eigenvalue weighted by Gasteiger charge is -2.21. The maximum absolute atomic E-state index is 12.6. The van der Waals surface area contributed by atoms with Gasteiger partial charge in [-0.05, 0) is 41.8 Å². The van der Waals surface area contributed by atoms with Crippen LogP contribution < -0.4 is 5.32 Å². The van der Waals surface area contributed by atoms with Crippen molar-refractivity contribution < 1.29 is 14.4 Å². The number of nitrogens with one attached hydrogen (secondary N) is 1. The maximum atomic E-state index is 12.6. The predicted octanol–water partition coefficient (Wildman–Crippen LogP) is 3.81. The van der Waals surface area contributed by atoms with Crippen molar-refractivity contribution in [2.75, 3.05) is 6.61 Å². The summed E-state index contributed by atoms with van der Waals surface area (Å²) < 4.78 is 0. The van der Waals surface area contributed by atoms with Crippen LogP contribution in [0.1, 0.15) is 17.5 Å². The van der Waals surface area contributed by atoms with Crippen LogP contribution in [0.5, 0.6) is 0 Å². The maximum Gasteiger partial charge on any atom is 0.266 e. The fourth-order valence-corrected chi connectivity index (χ4v) is 3.14. The van der Waals surface area contributed by atoms with Gasteiger partial charge in [0.2, 0.25) is 0 Å². The Hall–Kier alpha value is -2.37. The zero-order valence-corrected chi connectivity index (χ0v) is 16.0. The number of Topliss-reactive ketones (excluding diaryl/α,β-unsaturated/α-hetero) is 1. The molecule has 0 saturated heterocycles. The number of carbonyl (C=O) groups excluding carboxylic acids is 2. The lowest BCUT2D eigenvalue weighted by molar-refractivity contribution is -0.126. The van der Waals surface area contributed by atoms with Gasteiger partial charge in [0.05, 0.1) is 0 Å². The molecule has 1 amide bonds. The highest BCUT2D eigenvalue weighted by Crippen LogP contribution is 2.19. The summed E-state index contributed by atoms with van der Waals surface area (Å²) in [6.45, 7) is -0.115. The molecular formula is C20H18Cl2N2O3. The Morgan fingerprint density at radius 2 is 1.63 bits per heavy atom. The standard InChI is InChI=1S/C20H18Cl2N2O3/c21-16-5-1-13(2-6-16)9-15(20-23-19(26)12-27-24-20)11-18(25)10-14-3-7-17(22)8-4-14/h1-8,15H,9-12H2,(H,23,24,26)/t15-/m1/s1. The molecule has 1 aliphatic rings. The number of oxime groups is 1. The molecule has 0 unspecified atom stereocenters. The normalized spacial score (nSPS) is 14.7. The van der Waals surface area contributed by atoms with Gasteiger partial charge in [0.25, 0.3) is 5.91 Å². The number of hydrogen-bond acceptors (Lipinski definition) is 4. The average molecular weight is 405 g/mol. The molecular weight excluding hydrogens is 387 g/mol. The van der Waals surface area contributed by atoms with Crippen molar-refractivity contribution in [3.8, 4) is 0 Å². The molecule has 140 valence electrons. The van der Waals surface area contributed by atoms with Crippen molar-refractivity contribution in [2.24, 2.45) is 11.1 Å². The van der Waals surface area contributed by atoms with Gasteiger partial charge in [-0.15, -0.1) is 0 Å². The number of nitrogens with zero attached hydrogens (tertiary/aromatic N) is 1. The number of carbonyl (C=O) groups is 2. The lowest BCUT2D eigenvalue weighted by Crippen LogP contribution is -2.42. The minimum Gasteiger partial charge on any atom is -0.384 e. The Kier molecular flexibility index (Phi) is 6.48. The molecule has 27 heavy (non-hydrogen) atoms. The Labute approximate surface area is 167 Å². The molecule has 0 fully saturated rings.